The van der Waals surface area contributed by atoms with Crippen LogP contribution in [-0.4, -0.2) is 27.2 Å². The molecular weight excluding hydrogens is 325 g/mol. The van der Waals surface area contributed by atoms with Crippen LogP contribution >= 0.6 is 34.8 Å². The first-order chi connectivity index (χ1) is 9.16. The molecule has 0 amide bonds. The molecule has 1 fully saturated rings. The predicted octanol–water partition coefficient (Wildman–Crippen LogP) is 3.63. The monoisotopic (exact) mass is 337 g/mol. The number of carbonyl (C=O) groups is 2. The second-order valence-electron chi connectivity index (χ2n) is 5.37. The lowest BCUT2D eigenvalue weighted by atomic mass is 10.1. The minimum atomic E-state index is -2.04. The second-order valence-corrected chi connectivity index (χ2v) is 7.65. The zero-order valence-corrected chi connectivity index (χ0v) is 13.3. The van der Waals surface area contributed by atoms with Crippen LogP contribution in [0.2, 0.25) is 0 Å². The number of hydrogen-bond acceptors (Lipinski definition) is 3. The van der Waals surface area contributed by atoms with Gasteiger partial charge in [-0.1, -0.05) is 41.7 Å². The molecule has 1 aromatic heterocycles. The summed E-state index contributed by atoms with van der Waals surface area (Å²) < 4.78 is 4.38. The highest BCUT2D eigenvalue weighted by Crippen LogP contribution is 2.46. The Bertz CT molecular complexity index is 556. The predicted molar refractivity (Wildman–Crippen MR) is 77.7 cm³/mol. The van der Waals surface area contributed by atoms with Gasteiger partial charge in [-0.3, -0.25) is 4.79 Å². The lowest BCUT2D eigenvalue weighted by Crippen LogP contribution is -2.18. The summed E-state index contributed by atoms with van der Waals surface area (Å²) in [7, 11) is 1.29. The van der Waals surface area contributed by atoms with Gasteiger partial charge >= 0.3 is 5.97 Å². The van der Waals surface area contributed by atoms with E-state index in [1.165, 1.54) is 13.2 Å². The summed E-state index contributed by atoms with van der Waals surface area (Å²) in [6.45, 7) is 2.75. The van der Waals surface area contributed by atoms with Gasteiger partial charge in [-0.05, 0) is 24.3 Å². The SMILES string of the molecule is COC(=O)c1cc(C(=O)C(Cl)(Cl)Cl)cn1CC1(C)CC1. The van der Waals surface area contributed by atoms with Crippen molar-refractivity contribution < 1.29 is 14.3 Å². The Morgan fingerprint density at radius 1 is 1.40 bits per heavy atom. The molecule has 0 aromatic carbocycles. The van der Waals surface area contributed by atoms with Crippen LogP contribution in [0.25, 0.3) is 0 Å². The fraction of sp³-hybridized carbons (Fsp3) is 0.538. The van der Waals surface area contributed by atoms with Crippen LogP contribution in [0.3, 0.4) is 0 Å². The van der Waals surface area contributed by atoms with Crippen LogP contribution < -0.4 is 0 Å². The van der Waals surface area contributed by atoms with Crippen molar-refractivity contribution in [1.29, 1.82) is 0 Å². The third-order valence-corrected chi connectivity index (χ3v) is 3.98. The van der Waals surface area contributed by atoms with Crippen LogP contribution in [0.4, 0.5) is 0 Å². The Labute approximate surface area is 131 Å². The number of esters is 1. The maximum Gasteiger partial charge on any atom is 0.354 e. The molecule has 1 saturated carbocycles. The third kappa shape index (κ3) is 3.30. The molecule has 0 spiro atoms. The Balaban J connectivity index is 2.36. The molecule has 1 aromatic rings. The highest BCUT2D eigenvalue weighted by molar-refractivity contribution is 6.77. The third-order valence-electron chi connectivity index (χ3n) is 3.47. The number of aromatic nitrogens is 1. The topological polar surface area (TPSA) is 48.3 Å². The number of Topliss-reactive ketones (excluding diaryl/α,β-unsaturated/α-hetero) is 1. The van der Waals surface area contributed by atoms with Gasteiger partial charge in [-0.15, -0.1) is 0 Å². The molecule has 0 atom stereocenters. The molecule has 1 heterocycles. The molecular formula is C13H14Cl3NO3. The van der Waals surface area contributed by atoms with Gasteiger partial charge in [0.15, 0.2) is 0 Å². The summed E-state index contributed by atoms with van der Waals surface area (Å²) in [5.74, 6) is -1.18. The van der Waals surface area contributed by atoms with Gasteiger partial charge in [0.2, 0.25) is 5.78 Å². The zero-order chi connectivity index (χ0) is 15.1. The number of hydrogen-bond donors (Lipinski definition) is 0. The van der Waals surface area contributed by atoms with E-state index in [-0.39, 0.29) is 11.0 Å². The molecule has 1 aliphatic rings. The summed E-state index contributed by atoms with van der Waals surface area (Å²) in [4.78, 5) is 23.7. The van der Waals surface area contributed by atoms with E-state index in [1.54, 1.807) is 10.8 Å². The first-order valence-corrected chi connectivity index (χ1v) is 7.20. The number of nitrogens with zero attached hydrogens (tertiary/aromatic N) is 1. The summed E-state index contributed by atoms with van der Waals surface area (Å²) >= 11 is 16.8. The Morgan fingerprint density at radius 3 is 2.45 bits per heavy atom. The lowest BCUT2D eigenvalue weighted by Gasteiger charge is -2.12. The first-order valence-electron chi connectivity index (χ1n) is 6.06. The molecule has 0 unspecified atom stereocenters. The minimum absolute atomic E-state index is 0.155. The van der Waals surface area contributed by atoms with Crippen molar-refractivity contribution in [2.24, 2.45) is 5.41 Å². The van der Waals surface area contributed by atoms with Crippen LogP contribution in [0, 0.1) is 5.41 Å². The van der Waals surface area contributed by atoms with Crippen molar-refractivity contribution in [2.75, 3.05) is 7.11 Å². The second kappa shape index (κ2) is 5.24. The minimum Gasteiger partial charge on any atom is -0.464 e. The normalized spacial score (nSPS) is 16.9. The van der Waals surface area contributed by atoms with Crippen LogP contribution in [-0.2, 0) is 11.3 Å². The highest BCUT2D eigenvalue weighted by Gasteiger charge is 2.39. The smallest absolute Gasteiger partial charge is 0.354 e. The van der Waals surface area contributed by atoms with Gasteiger partial charge < -0.3 is 9.30 Å². The van der Waals surface area contributed by atoms with Crippen molar-refractivity contribution >= 4 is 46.6 Å². The number of halogens is 3. The maximum atomic E-state index is 12.0. The molecule has 0 aliphatic heterocycles. The highest BCUT2D eigenvalue weighted by atomic mass is 35.6. The summed E-state index contributed by atoms with van der Waals surface area (Å²) in [5, 5.41) is 0. The Kier molecular flexibility index (Phi) is 4.11. The average Bonchev–Trinajstić information content (AvgIpc) is 2.93. The van der Waals surface area contributed by atoms with Crippen molar-refractivity contribution in [3.05, 3.63) is 23.5 Å². The molecule has 0 radical (unpaired) electrons. The number of methoxy groups -OCH3 is 1. The van der Waals surface area contributed by atoms with Crippen molar-refractivity contribution in [1.82, 2.24) is 4.57 Å². The van der Waals surface area contributed by atoms with Gasteiger partial charge in [0.05, 0.1) is 7.11 Å². The van der Waals surface area contributed by atoms with Crippen LogP contribution in [0.15, 0.2) is 12.3 Å². The fourth-order valence-electron chi connectivity index (χ4n) is 1.99. The Hall–Kier alpha value is -0.710. The maximum absolute atomic E-state index is 12.0. The molecule has 0 N–H and O–H groups in total. The molecule has 0 bridgehead atoms. The number of carbonyl (C=O) groups excluding carboxylic acids is 2. The van der Waals surface area contributed by atoms with Crippen molar-refractivity contribution in [3.63, 3.8) is 0 Å². The zero-order valence-electron chi connectivity index (χ0n) is 11.1. The van der Waals surface area contributed by atoms with E-state index in [4.69, 9.17) is 39.5 Å². The molecule has 0 saturated heterocycles. The van der Waals surface area contributed by atoms with Crippen molar-refractivity contribution in [2.45, 2.75) is 30.1 Å². The standard InChI is InChI=1S/C13H14Cl3NO3/c1-12(3-4-12)7-17-6-8(10(18)13(14,15)16)5-9(17)11(19)20-2/h5-6H,3-4,7H2,1-2H3. The van der Waals surface area contributed by atoms with Crippen molar-refractivity contribution in [3.8, 4) is 0 Å². The van der Waals surface area contributed by atoms with E-state index in [2.05, 4.69) is 6.92 Å². The van der Waals surface area contributed by atoms with E-state index >= 15 is 0 Å². The Morgan fingerprint density at radius 2 is 2.00 bits per heavy atom. The van der Waals surface area contributed by atoms with E-state index in [1.807, 2.05) is 0 Å². The van der Waals surface area contributed by atoms with E-state index in [9.17, 15) is 9.59 Å². The number of ketones is 1. The molecule has 4 nitrogen and oxygen atoms in total. The van der Waals surface area contributed by atoms with E-state index < -0.39 is 15.5 Å². The van der Waals surface area contributed by atoms with Crippen LogP contribution in [0.5, 0.6) is 0 Å². The largest absolute Gasteiger partial charge is 0.464 e. The quantitative estimate of drug-likeness (QED) is 0.478. The first kappa shape index (κ1) is 15.7. The molecule has 2 rings (SSSR count). The van der Waals surface area contributed by atoms with Gasteiger partial charge in [0.1, 0.15) is 5.69 Å². The van der Waals surface area contributed by atoms with Crippen LogP contribution in [0.1, 0.15) is 40.6 Å². The van der Waals surface area contributed by atoms with Gasteiger partial charge in [0.25, 0.3) is 3.79 Å². The van der Waals surface area contributed by atoms with Gasteiger partial charge in [-0.2, -0.15) is 0 Å². The number of ether oxygens (including phenoxy) is 1. The number of alkyl halides is 3. The molecule has 7 heteroatoms. The van der Waals surface area contributed by atoms with E-state index in [0.717, 1.165) is 12.8 Å². The average molecular weight is 339 g/mol. The lowest BCUT2D eigenvalue weighted by molar-refractivity contribution is 0.0587. The van der Waals surface area contributed by atoms with Gasteiger partial charge in [-0.25, -0.2) is 4.79 Å². The van der Waals surface area contributed by atoms with Gasteiger partial charge in [0, 0.05) is 18.3 Å². The summed E-state index contributed by atoms with van der Waals surface area (Å²) in [5.41, 5.74) is 0.634. The molecule has 1 aliphatic carbocycles. The number of rotatable bonds is 4. The molecule has 20 heavy (non-hydrogen) atoms. The van der Waals surface area contributed by atoms with E-state index in [0.29, 0.717) is 12.2 Å². The summed E-state index contributed by atoms with van der Waals surface area (Å²) in [6, 6.07) is 1.40. The fourth-order valence-corrected chi connectivity index (χ4v) is 2.31. The summed E-state index contributed by atoms with van der Waals surface area (Å²) in [6.07, 6.45) is 3.71. The molecule has 110 valence electrons.